The third kappa shape index (κ3) is 3.65. The van der Waals surface area contributed by atoms with Crippen LogP contribution in [0.4, 0.5) is 0 Å². The first-order chi connectivity index (χ1) is 14.7. The van der Waals surface area contributed by atoms with Crippen LogP contribution in [0.2, 0.25) is 0 Å². The Morgan fingerprint density at radius 1 is 1.10 bits per heavy atom. The number of para-hydroxylation sites is 1. The summed E-state index contributed by atoms with van der Waals surface area (Å²) < 4.78 is 0. The van der Waals surface area contributed by atoms with Gasteiger partial charge in [0, 0.05) is 35.6 Å². The quantitative estimate of drug-likeness (QED) is 0.616. The number of aromatic amines is 1. The number of rotatable bonds is 5. The normalized spacial score (nSPS) is 23.4. The summed E-state index contributed by atoms with van der Waals surface area (Å²) in [6, 6.07) is 20.2. The Kier molecular flexibility index (Phi) is 5.34. The van der Waals surface area contributed by atoms with Gasteiger partial charge in [0.1, 0.15) is 5.69 Å². The molecule has 2 aromatic carbocycles. The largest absolute Gasteiger partial charge is 0.351 e. The van der Waals surface area contributed by atoms with Gasteiger partial charge in [-0.15, -0.1) is 0 Å². The predicted octanol–water partition coefficient (Wildman–Crippen LogP) is 5.22. The molecule has 4 heteroatoms. The highest BCUT2D eigenvalue weighted by Crippen LogP contribution is 2.33. The van der Waals surface area contributed by atoms with Crippen molar-refractivity contribution in [1.29, 1.82) is 0 Å². The minimum Gasteiger partial charge on any atom is -0.351 e. The van der Waals surface area contributed by atoms with Gasteiger partial charge in [-0.05, 0) is 68.7 Å². The summed E-state index contributed by atoms with van der Waals surface area (Å²) in [6.07, 6.45) is 6.87. The smallest absolute Gasteiger partial charge is 0.270 e. The molecule has 3 aromatic rings. The second kappa shape index (κ2) is 8.27. The Morgan fingerprint density at radius 3 is 2.80 bits per heavy atom. The van der Waals surface area contributed by atoms with Crippen LogP contribution in [-0.4, -0.2) is 34.4 Å². The lowest BCUT2D eigenvalue weighted by Gasteiger charge is -2.38. The minimum atomic E-state index is 0.130. The molecular weight excluding hydrogens is 370 g/mol. The summed E-state index contributed by atoms with van der Waals surface area (Å²) in [6.45, 7) is 2.85. The molecule has 2 aliphatic rings. The molecular formula is C26H31N3O. The Hall–Kier alpha value is -2.59. The Labute approximate surface area is 178 Å². The summed E-state index contributed by atoms with van der Waals surface area (Å²) in [5.41, 5.74) is 4.70. The van der Waals surface area contributed by atoms with E-state index in [1.165, 1.54) is 36.8 Å². The number of hydrogen-bond donors (Lipinski definition) is 2. The zero-order valence-corrected chi connectivity index (χ0v) is 17.7. The lowest BCUT2D eigenvalue weighted by Crippen LogP contribution is -2.47. The number of fused-ring (bicyclic) bond motifs is 2. The lowest BCUT2D eigenvalue weighted by molar-refractivity contribution is 0.0620. The highest BCUT2D eigenvalue weighted by molar-refractivity contribution is 5.98. The maximum atomic E-state index is 13.3. The van der Waals surface area contributed by atoms with Gasteiger partial charge in [0.25, 0.3) is 5.91 Å². The highest BCUT2D eigenvalue weighted by atomic mass is 16.2. The molecule has 2 N–H and O–H groups in total. The minimum absolute atomic E-state index is 0.130. The average Bonchev–Trinajstić information content (AvgIpc) is 3.39. The number of hydrogen-bond acceptors (Lipinski definition) is 2. The maximum Gasteiger partial charge on any atom is 0.270 e. The van der Waals surface area contributed by atoms with E-state index in [1.807, 2.05) is 24.3 Å². The van der Waals surface area contributed by atoms with Crippen LogP contribution in [0.5, 0.6) is 0 Å². The lowest BCUT2D eigenvalue weighted by atomic mass is 9.89. The fourth-order valence-corrected chi connectivity index (χ4v) is 5.52. The predicted molar refractivity (Wildman–Crippen MR) is 122 cm³/mol. The third-order valence-corrected chi connectivity index (χ3v) is 7.02. The van der Waals surface area contributed by atoms with E-state index in [0.717, 1.165) is 30.3 Å². The van der Waals surface area contributed by atoms with Crippen LogP contribution in [-0.2, 0) is 6.42 Å². The fraction of sp³-hybridized carbons (Fsp3) is 0.423. The van der Waals surface area contributed by atoms with E-state index in [1.54, 1.807) is 0 Å². The Balaban J connectivity index is 1.29. The molecule has 0 aliphatic heterocycles. The first-order valence-corrected chi connectivity index (χ1v) is 11.5. The van der Waals surface area contributed by atoms with E-state index in [4.69, 9.17) is 0 Å². The molecule has 0 unspecified atom stereocenters. The summed E-state index contributed by atoms with van der Waals surface area (Å²) in [5.74, 6) is 0.130. The van der Waals surface area contributed by atoms with Gasteiger partial charge in [-0.2, -0.15) is 0 Å². The van der Waals surface area contributed by atoms with Crippen molar-refractivity contribution in [3.63, 3.8) is 0 Å². The topological polar surface area (TPSA) is 48.1 Å². The van der Waals surface area contributed by atoms with Gasteiger partial charge in [-0.25, -0.2) is 0 Å². The van der Waals surface area contributed by atoms with Crippen LogP contribution in [0, 0.1) is 0 Å². The van der Waals surface area contributed by atoms with Crippen molar-refractivity contribution in [1.82, 2.24) is 15.2 Å². The molecule has 1 amide bonds. The van der Waals surface area contributed by atoms with Crippen molar-refractivity contribution in [2.45, 2.75) is 63.6 Å². The van der Waals surface area contributed by atoms with E-state index in [2.05, 4.69) is 52.5 Å². The number of aromatic nitrogens is 1. The zero-order chi connectivity index (χ0) is 20.5. The van der Waals surface area contributed by atoms with Crippen molar-refractivity contribution in [3.8, 4) is 0 Å². The molecule has 1 fully saturated rings. The van der Waals surface area contributed by atoms with Crippen LogP contribution in [0.25, 0.3) is 10.9 Å². The van der Waals surface area contributed by atoms with Gasteiger partial charge in [-0.1, -0.05) is 42.5 Å². The Bertz CT molecular complexity index is 1010. The number of amides is 1. The van der Waals surface area contributed by atoms with Crippen molar-refractivity contribution < 1.29 is 4.79 Å². The molecule has 30 heavy (non-hydrogen) atoms. The molecule has 0 bridgehead atoms. The summed E-state index contributed by atoms with van der Waals surface area (Å²) in [7, 11) is 0. The van der Waals surface area contributed by atoms with E-state index in [0.29, 0.717) is 23.8 Å². The molecule has 1 aromatic heterocycles. The molecule has 4 nitrogen and oxygen atoms in total. The number of carbonyl (C=O) groups excluding carboxylic acids is 1. The first-order valence-electron chi connectivity index (χ1n) is 11.5. The number of carbonyl (C=O) groups is 1. The number of nitrogens with zero attached hydrogens (tertiary/aromatic N) is 1. The molecule has 1 saturated carbocycles. The maximum absolute atomic E-state index is 13.3. The van der Waals surface area contributed by atoms with Crippen LogP contribution in [0.3, 0.4) is 0 Å². The molecule has 156 valence electrons. The second-order valence-corrected chi connectivity index (χ2v) is 8.84. The van der Waals surface area contributed by atoms with Gasteiger partial charge in [-0.3, -0.25) is 4.79 Å². The van der Waals surface area contributed by atoms with Crippen LogP contribution in [0.1, 0.15) is 66.7 Å². The zero-order valence-electron chi connectivity index (χ0n) is 17.7. The number of nitrogens with one attached hydrogen (secondary N) is 2. The first kappa shape index (κ1) is 19.4. The highest BCUT2D eigenvalue weighted by Gasteiger charge is 2.32. The second-order valence-electron chi connectivity index (χ2n) is 8.84. The third-order valence-electron chi connectivity index (χ3n) is 7.02. The van der Waals surface area contributed by atoms with Gasteiger partial charge in [0.2, 0.25) is 0 Å². The van der Waals surface area contributed by atoms with Crippen LogP contribution in [0.15, 0.2) is 54.6 Å². The van der Waals surface area contributed by atoms with E-state index >= 15 is 0 Å². The summed E-state index contributed by atoms with van der Waals surface area (Å²) in [5, 5.41) is 5.03. The van der Waals surface area contributed by atoms with Crippen molar-refractivity contribution >= 4 is 16.8 Å². The average molecular weight is 402 g/mol. The van der Waals surface area contributed by atoms with E-state index in [-0.39, 0.29) is 5.91 Å². The molecule has 1 heterocycles. The monoisotopic (exact) mass is 401 g/mol. The summed E-state index contributed by atoms with van der Waals surface area (Å²) >= 11 is 0. The van der Waals surface area contributed by atoms with Gasteiger partial charge in [0.15, 0.2) is 0 Å². The molecule has 0 radical (unpaired) electrons. The molecule has 2 aliphatic carbocycles. The number of benzene rings is 2. The van der Waals surface area contributed by atoms with Gasteiger partial charge >= 0.3 is 0 Å². The van der Waals surface area contributed by atoms with Crippen molar-refractivity contribution in [2.24, 2.45) is 0 Å². The standard InChI is InChI=1S/C26H31N3O/c1-2-29(26(30)25-16-19-9-4-6-13-23(19)28-25)21-11-7-10-20(17-21)27-24-15-14-18-8-3-5-12-22(18)24/h3-6,8-9,12-13,16,20-21,24,27-28H,2,7,10-11,14-15,17H2,1H3/t20-,21-,24+/m1/s1. The number of H-pyrrole nitrogens is 1. The molecule has 5 rings (SSSR count). The SMILES string of the molecule is CCN(C(=O)c1cc2ccccc2[nH]1)[C@@H]1CCC[C@@H](N[C@H]2CCc3ccccc32)C1. The van der Waals surface area contributed by atoms with Crippen molar-refractivity contribution in [2.75, 3.05) is 6.54 Å². The van der Waals surface area contributed by atoms with Gasteiger partial charge < -0.3 is 15.2 Å². The van der Waals surface area contributed by atoms with Crippen molar-refractivity contribution in [3.05, 3.63) is 71.4 Å². The Morgan fingerprint density at radius 2 is 1.93 bits per heavy atom. The van der Waals surface area contributed by atoms with Gasteiger partial charge in [0.05, 0.1) is 0 Å². The van der Waals surface area contributed by atoms with Crippen LogP contribution >= 0.6 is 0 Å². The molecule has 0 saturated heterocycles. The van der Waals surface area contributed by atoms with E-state index in [9.17, 15) is 4.79 Å². The summed E-state index contributed by atoms with van der Waals surface area (Å²) in [4.78, 5) is 18.7. The van der Waals surface area contributed by atoms with E-state index < -0.39 is 0 Å². The molecule has 3 atom stereocenters. The molecule has 0 spiro atoms. The fourth-order valence-electron chi connectivity index (χ4n) is 5.52. The number of aryl methyl sites for hydroxylation is 1. The van der Waals surface area contributed by atoms with Crippen LogP contribution < -0.4 is 5.32 Å².